The fourth-order valence-corrected chi connectivity index (χ4v) is 4.73. The van der Waals surface area contributed by atoms with Gasteiger partial charge in [0.05, 0.1) is 5.56 Å². The fraction of sp³-hybridized carbons (Fsp3) is 0.333. The van der Waals surface area contributed by atoms with Crippen LogP contribution in [0.1, 0.15) is 27.5 Å². The second kappa shape index (κ2) is 8.42. The second-order valence-electron chi connectivity index (χ2n) is 8.47. The first-order chi connectivity index (χ1) is 15.9. The van der Waals surface area contributed by atoms with Gasteiger partial charge in [-0.15, -0.1) is 0 Å². The smallest absolute Gasteiger partial charge is 0.335 e. The van der Waals surface area contributed by atoms with Crippen molar-refractivity contribution in [2.24, 2.45) is 7.05 Å². The van der Waals surface area contributed by atoms with Gasteiger partial charge in [0, 0.05) is 62.4 Å². The Morgan fingerprint density at radius 1 is 1.00 bits per heavy atom. The first kappa shape index (κ1) is 21.3. The van der Waals surface area contributed by atoms with Gasteiger partial charge in [-0.3, -0.25) is 14.6 Å². The van der Waals surface area contributed by atoms with Crippen LogP contribution in [0.15, 0.2) is 42.6 Å². The highest BCUT2D eigenvalue weighted by atomic mass is 16.7. The second-order valence-corrected chi connectivity index (χ2v) is 8.47. The van der Waals surface area contributed by atoms with Crippen LogP contribution in [0.3, 0.4) is 0 Å². The van der Waals surface area contributed by atoms with E-state index in [4.69, 9.17) is 9.47 Å². The standard InChI is InChI=1S/C24H25N3O6/c1-25-13-18(17-4-3-16(23(28)29)11-19(17)25)22(24(30)31)27-8-6-26(7-9-27)12-15-2-5-20-21(10-15)33-14-32-20/h2-5,10-11,13,22H,6-9,12,14H2,1H3,(H,28,29)(H,30,31)/t22-/m1/s1. The highest BCUT2D eigenvalue weighted by molar-refractivity contribution is 5.96. The summed E-state index contributed by atoms with van der Waals surface area (Å²) in [5, 5.41) is 20.1. The van der Waals surface area contributed by atoms with E-state index < -0.39 is 18.0 Å². The van der Waals surface area contributed by atoms with Crippen LogP contribution in [0.2, 0.25) is 0 Å². The first-order valence-electron chi connectivity index (χ1n) is 10.8. The molecule has 0 spiro atoms. The van der Waals surface area contributed by atoms with E-state index in [0.717, 1.165) is 42.1 Å². The summed E-state index contributed by atoms with van der Waals surface area (Å²) in [6.45, 7) is 3.73. The summed E-state index contributed by atoms with van der Waals surface area (Å²) < 4.78 is 12.6. The lowest BCUT2D eigenvalue weighted by Crippen LogP contribution is -2.48. The Hall–Kier alpha value is -3.56. The van der Waals surface area contributed by atoms with E-state index in [1.165, 1.54) is 6.07 Å². The molecular weight excluding hydrogens is 426 g/mol. The quantitative estimate of drug-likeness (QED) is 0.589. The van der Waals surface area contributed by atoms with Crippen molar-refractivity contribution in [3.63, 3.8) is 0 Å². The number of piperazine rings is 1. The van der Waals surface area contributed by atoms with Crippen LogP contribution in [0.5, 0.6) is 11.5 Å². The molecule has 0 saturated carbocycles. The third-order valence-electron chi connectivity index (χ3n) is 6.41. The number of aliphatic carboxylic acids is 1. The maximum Gasteiger partial charge on any atom is 0.335 e. The Balaban J connectivity index is 1.32. The number of ether oxygens (including phenoxy) is 2. The monoisotopic (exact) mass is 451 g/mol. The molecule has 0 radical (unpaired) electrons. The van der Waals surface area contributed by atoms with E-state index in [0.29, 0.717) is 24.2 Å². The highest BCUT2D eigenvalue weighted by Crippen LogP contribution is 2.34. The SMILES string of the molecule is Cn1cc([C@H](C(=O)O)N2CCN(Cc3ccc4c(c3)OCO4)CC2)c2ccc(C(=O)O)cc21. The van der Waals surface area contributed by atoms with Gasteiger partial charge in [0.2, 0.25) is 6.79 Å². The Bertz CT molecular complexity index is 1230. The molecule has 2 N–H and O–H groups in total. The third-order valence-corrected chi connectivity index (χ3v) is 6.41. The number of aryl methyl sites for hydroxylation is 1. The summed E-state index contributed by atoms with van der Waals surface area (Å²) in [4.78, 5) is 27.9. The molecule has 0 amide bonds. The van der Waals surface area contributed by atoms with Crippen molar-refractivity contribution in [2.75, 3.05) is 33.0 Å². The number of aromatic nitrogens is 1. The van der Waals surface area contributed by atoms with Gasteiger partial charge in [0.15, 0.2) is 11.5 Å². The Kier molecular flexibility index (Phi) is 5.43. The molecule has 0 bridgehead atoms. The van der Waals surface area contributed by atoms with Gasteiger partial charge in [0.25, 0.3) is 0 Å². The predicted octanol–water partition coefficient (Wildman–Crippen LogP) is 2.55. The predicted molar refractivity (Wildman–Crippen MR) is 120 cm³/mol. The van der Waals surface area contributed by atoms with E-state index in [1.54, 1.807) is 29.9 Å². The lowest BCUT2D eigenvalue weighted by atomic mass is 10.0. The molecule has 3 aromatic rings. The van der Waals surface area contributed by atoms with Gasteiger partial charge in [0.1, 0.15) is 6.04 Å². The number of carboxylic acid groups (broad SMARTS) is 2. The zero-order chi connectivity index (χ0) is 23.1. The Morgan fingerprint density at radius 2 is 1.76 bits per heavy atom. The minimum absolute atomic E-state index is 0.180. The van der Waals surface area contributed by atoms with Crippen LogP contribution in [0.25, 0.3) is 10.9 Å². The molecule has 0 unspecified atom stereocenters. The average Bonchev–Trinajstić information content (AvgIpc) is 3.39. The summed E-state index contributed by atoms with van der Waals surface area (Å²) >= 11 is 0. The van der Waals surface area contributed by atoms with E-state index >= 15 is 0 Å². The van der Waals surface area contributed by atoms with E-state index in [1.807, 2.05) is 23.1 Å². The number of nitrogens with zero attached hydrogens (tertiary/aromatic N) is 3. The van der Waals surface area contributed by atoms with Gasteiger partial charge in [-0.25, -0.2) is 4.79 Å². The lowest BCUT2D eigenvalue weighted by molar-refractivity contribution is -0.144. The molecule has 2 aliphatic rings. The molecule has 2 aliphatic heterocycles. The summed E-state index contributed by atoms with van der Waals surface area (Å²) in [6.07, 6.45) is 1.80. The van der Waals surface area contributed by atoms with Crippen molar-refractivity contribution in [2.45, 2.75) is 12.6 Å². The molecule has 9 heteroatoms. The number of carbonyl (C=O) groups is 2. The summed E-state index contributed by atoms with van der Waals surface area (Å²) in [5.74, 6) is -0.389. The zero-order valence-electron chi connectivity index (χ0n) is 18.2. The number of carboxylic acids is 2. The topological polar surface area (TPSA) is 104 Å². The van der Waals surface area contributed by atoms with Gasteiger partial charge in [-0.1, -0.05) is 12.1 Å². The van der Waals surface area contributed by atoms with E-state index in [9.17, 15) is 19.8 Å². The fourth-order valence-electron chi connectivity index (χ4n) is 4.73. The number of rotatable bonds is 6. The zero-order valence-corrected chi connectivity index (χ0v) is 18.2. The molecule has 3 heterocycles. The van der Waals surface area contributed by atoms with E-state index in [2.05, 4.69) is 4.90 Å². The average molecular weight is 451 g/mol. The van der Waals surface area contributed by atoms with Gasteiger partial charge < -0.3 is 24.3 Å². The molecule has 9 nitrogen and oxygen atoms in total. The summed E-state index contributed by atoms with van der Waals surface area (Å²) in [5.41, 5.74) is 2.70. The summed E-state index contributed by atoms with van der Waals surface area (Å²) in [7, 11) is 1.81. The van der Waals surface area contributed by atoms with E-state index in [-0.39, 0.29) is 12.4 Å². The highest BCUT2D eigenvalue weighted by Gasteiger charge is 2.32. The van der Waals surface area contributed by atoms with Crippen LogP contribution in [0.4, 0.5) is 0 Å². The van der Waals surface area contributed by atoms with Crippen molar-refractivity contribution in [3.8, 4) is 11.5 Å². The maximum absolute atomic E-state index is 12.3. The normalized spacial score (nSPS) is 17.4. The van der Waals surface area contributed by atoms with Gasteiger partial charge in [-0.2, -0.15) is 0 Å². The number of fused-ring (bicyclic) bond motifs is 2. The molecule has 1 saturated heterocycles. The minimum atomic E-state index is -1.01. The molecule has 5 rings (SSSR count). The molecule has 1 atom stereocenters. The largest absolute Gasteiger partial charge is 0.480 e. The molecule has 1 fully saturated rings. The van der Waals surface area contributed by atoms with Crippen molar-refractivity contribution < 1.29 is 29.3 Å². The molecule has 1 aromatic heterocycles. The van der Waals surface area contributed by atoms with Crippen molar-refractivity contribution >= 4 is 22.8 Å². The van der Waals surface area contributed by atoms with Crippen LogP contribution >= 0.6 is 0 Å². The van der Waals surface area contributed by atoms with Gasteiger partial charge >= 0.3 is 11.9 Å². The first-order valence-corrected chi connectivity index (χ1v) is 10.8. The number of hydrogen-bond acceptors (Lipinski definition) is 6. The van der Waals surface area contributed by atoms with Crippen LogP contribution in [0, 0.1) is 0 Å². The number of aromatic carboxylic acids is 1. The molecule has 172 valence electrons. The van der Waals surface area contributed by atoms with Crippen molar-refractivity contribution in [1.29, 1.82) is 0 Å². The summed E-state index contributed by atoms with van der Waals surface area (Å²) in [6, 6.07) is 9.97. The van der Waals surface area contributed by atoms with Crippen LogP contribution in [-0.2, 0) is 18.4 Å². The molecule has 2 aromatic carbocycles. The molecule has 33 heavy (non-hydrogen) atoms. The molecule has 0 aliphatic carbocycles. The number of benzene rings is 2. The third kappa shape index (κ3) is 4.01. The van der Waals surface area contributed by atoms with Crippen molar-refractivity contribution in [1.82, 2.24) is 14.4 Å². The van der Waals surface area contributed by atoms with Crippen LogP contribution in [-0.4, -0.2) is 69.5 Å². The maximum atomic E-state index is 12.3. The molecular formula is C24H25N3O6. The minimum Gasteiger partial charge on any atom is -0.480 e. The number of hydrogen-bond donors (Lipinski definition) is 2. The van der Waals surface area contributed by atoms with Crippen molar-refractivity contribution in [3.05, 3.63) is 59.3 Å². The van der Waals surface area contributed by atoms with Gasteiger partial charge in [-0.05, 0) is 29.8 Å². The Morgan fingerprint density at radius 3 is 2.48 bits per heavy atom. The lowest BCUT2D eigenvalue weighted by Gasteiger charge is -2.37. The van der Waals surface area contributed by atoms with Crippen LogP contribution < -0.4 is 9.47 Å². The Labute approximate surface area is 190 Å².